The molecule has 20 heavy (non-hydrogen) atoms. The average Bonchev–Trinajstić information content (AvgIpc) is 2.43. The third kappa shape index (κ3) is 3.26. The van der Waals surface area contributed by atoms with Crippen LogP contribution in [0.2, 0.25) is 0 Å². The summed E-state index contributed by atoms with van der Waals surface area (Å²) in [6.07, 6.45) is 4.57. The summed E-state index contributed by atoms with van der Waals surface area (Å²) in [7, 11) is 0. The summed E-state index contributed by atoms with van der Waals surface area (Å²) >= 11 is 0. The fraction of sp³-hybridized carbons (Fsp3) is 0.533. The number of nitrogen functional groups attached to an aromatic ring is 1. The number of carbonyl (C=O) groups is 1. The van der Waals surface area contributed by atoms with Crippen molar-refractivity contribution in [3.63, 3.8) is 0 Å². The highest BCUT2D eigenvalue weighted by atomic mass is 19.1. The van der Waals surface area contributed by atoms with E-state index in [9.17, 15) is 13.6 Å². The van der Waals surface area contributed by atoms with Crippen molar-refractivity contribution in [3.8, 4) is 0 Å². The van der Waals surface area contributed by atoms with Gasteiger partial charge < -0.3 is 10.5 Å². The third-order valence-corrected chi connectivity index (χ3v) is 3.95. The van der Waals surface area contributed by atoms with Gasteiger partial charge in [-0.3, -0.25) is 0 Å². The lowest BCUT2D eigenvalue weighted by atomic mass is 9.86. The maximum atomic E-state index is 13.6. The van der Waals surface area contributed by atoms with Crippen molar-refractivity contribution >= 4 is 11.7 Å². The van der Waals surface area contributed by atoms with Gasteiger partial charge in [-0.1, -0.05) is 13.3 Å². The minimum atomic E-state index is -0.941. The van der Waals surface area contributed by atoms with E-state index >= 15 is 0 Å². The minimum Gasteiger partial charge on any atom is -0.459 e. The number of esters is 1. The topological polar surface area (TPSA) is 52.3 Å². The van der Waals surface area contributed by atoms with E-state index in [0.29, 0.717) is 12.0 Å². The van der Waals surface area contributed by atoms with E-state index in [0.717, 1.165) is 38.2 Å². The maximum absolute atomic E-state index is 13.6. The van der Waals surface area contributed by atoms with E-state index in [2.05, 4.69) is 6.92 Å². The Labute approximate surface area is 117 Å². The number of rotatable bonds is 3. The number of anilines is 1. The van der Waals surface area contributed by atoms with Crippen molar-refractivity contribution in [2.75, 3.05) is 5.73 Å². The predicted octanol–water partition coefficient (Wildman–Crippen LogP) is 3.67. The molecule has 1 saturated carbocycles. The molecular weight excluding hydrogens is 264 g/mol. The Bertz CT molecular complexity index is 497. The van der Waals surface area contributed by atoms with Crippen molar-refractivity contribution in [3.05, 3.63) is 29.3 Å². The Morgan fingerprint density at radius 1 is 1.25 bits per heavy atom. The lowest BCUT2D eigenvalue weighted by Crippen LogP contribution is -2.25. The van der Waals surface area contributed by atoms with Crippen LogP contribution in [0.1, 0.15) is 49.4 Å². The van der Waals surface area contributed by atoms with E-state index in [1.165, 1.54) is 0 Å². The highest BCUT2D eigenvalue weighted by Gasteiger charge is 2.25. The molecule has 0 unspecified atom stereocenters. The van der Waals surface area contributed by atoms with Crippen LogP contribution in [-0.4, -0.2) is 12.1 Å². The van der Waals surface area contributed by atoms with Gasteiger partial charge in [-0.25, -0.2) is 13.6 Å². The van der Waals surface area contributed by atoms with Gasteiger partial charge in [0.1, 0.15) is 17.7 Å². The Hall–Kier alpha value is -1.65. The van der Waals surface area contributed by atoms with Gasteiger partial charge in [0.05, 0.1) is 11.3 Å². The summed E-state index contributed by atoms with van der Waals surface area (Å²) in [5, 5.41) is 0. The normalized spacial score (nSPS) is 22.6. The number of carbonyl (C=O) groups excluding carboxylic acids is 1. The highest BCUT2D eigenvalue weighted by Crippen LogP contribution is 2.29. The Balaban J connectivity index is 2.01. The molecule has 0 spiro atoms. The van der Waals surface area contributed by atoms with Crippen LogP contribution >= 0.6 is 0 Å². The van der Waals surface area contributed by atoms with Gasteiger partial charge in [0.2, 0.25) is 0 Å². The van der Waals surface area contributed by atoms with Gasteiger partial charge in [-0.2, -0.15) is 0 Å². The number of benzene rings is 1. The summed E-state index contributed by atoms with van der Waals surface area (Å²) < 4.78 is 31.9. The molecule has 1 aromatic carbocycles. The van der Waals surface area contributed by atoms with Gasteiger partial charge >= 0.3 is 5.97 Å². The summed E-state index contributed by atoms with van der Waals surface area (Å²) in [4.78, 5) is 11.9. The largest absolute Gasteiger partial charge is 0.459 e. The monoisotopic (exact) mass is 283 g/mol. The fourth-order valence-electron chi connectivity index (χ4n) is 2.59. The van der Waals surface area contributed by atoms with Crippen LogP contribution in [0.3, 0.4) is 0 Å². The fourth-order valence-corrected chi connectivity index (χ4v) is 2.59. The minimum absolute atomic E-state index is 0.184. The van der Waals surface area contributed by atoms with Gasteiger partial charge in [-0.15, -0.1) is 0 Å². The third-order valence-electron chi connectivity index (χ3n) is 3.95. The molecule has 0 saturated heterocycles. The van der Waals surface area contributed by atoms with E-state index in [-0.39, 0.29) is 17.4 Å². The van der Waals surface area contributed by atoms with Crippen LogP contribution in [0.15, 0.2) is 12.1 Å². The second-order valence-corrected chi connectivity index (χ2v) is 5.31. The zero-order valence-corrected chi connectivity index (χ0v) is 11.5. The first-order valence-electron chi connectivity index (χ1n) is 6.96. The van der Waals surface area contributed by atoms with Crippen LogP contribution in [0, 0.1) is 17.6 Å². The van der Waals surface area contributed by atoms with Crippen molar-refractivity contribution in [1.29, 1.82) is 0 Å². The molecular formula is C15H19F2NO2. The van der Waals surface area contributed by atoms with Crippen LogP contribution in [0.25, 0.3) is 0 Å². The number of halogens is 2. The first-order chi connectivity index (χ1) is 9.51. The summed E-state index contributed by atoms with van der Waals surface area (Å²) in [6.45, 7) is 2.15. The molecule has 5 heteroatoms. The average molecular weight is 283 g/mol. The molecule has 0 amide bonds. The van der Waals surface area contributed by atoms with Crippen molar-refractivity contribution in [2.24, 2.45) is 5.92 Å². The second-order valence-electron chi connectivity index (χ2n) is 5.31. The SMILES string of the molecule is CCC1CCC(OC(=O)c2cc(N)c(F)cc2F)CC1. The van der Waals surface area contributed by atoms with Crippen LogP contribution in [0.4, 0.5) is 14.5 Å². The van der Waals surface area contributed by atoms with Crippen LogP contribution in [0.5, 0.6) is 0 Å². The summed E-state index contributed by atoms with van der Waals surface area (Å²) in [6, 6.07) is 1.60. The van der Waals surface area contributed by atoms with E-state index in [4.69, 9.17) is 10.5 Å². The molecule has 0 bridgehead atoms. The number of ether oxygens (including phenoxy) is 1. The molecule has 0 heterocycles. The molecule has 0 aliphatic heterocycles. The van der Waals surface area contributed by atoms with Gasteiger partial charge in [-0.05, 0) is 37.7 Å². The molecule has 3 nitrogen and oxygen atoms in total. The molecule has 110 valence electrons. The predicted molar refractivity (Wildman–Crippen MR) is 72.2 cm³/mol. The number of hydrogen-bond acceptors (Lipinski definition) is 3. The molecule has 0 radical (unpaired) electrons. The van der Waals surface area contributed by atoms with E-state index < -0.39 is 17.6 Å². The van der Waals surface area contributed by atoms with Crippen molar-refractivity contribution in [1.82, 2.24) is 0 Å². The zero-order valence-electron chi connectivity index (χ0n) is 11.5. The van der Waals surface area contributed by atoms with Gasteiger partial charge in [0.25, 0.3) is 0 Å². The smallest absolute Gasteiger partial charge is 0.341 e. The van der Waals surface area contributed by atoms with Crippen LogP contribution in [-0.2, 0) is 4.74 Å². The second kappa shape index (κ2) is 6.20. The molecule has 1 aliphatic carbocycles. The lowest BCUT2D eigenvalue weighted by molar-refractivity contribution is 0.0159. The van der Waals surface area contributed by atoms with Crippen molar-refractivity contribution in [2.45, 2.75) is 45.1 Å². The number of hydrogen-bond donors (Lipinski definition) is 1. The quantitative estimate of drug-likeness (QED) is 0.680. The first-order valence-corrected chi connectivity index (χ1v) is 6.96. The van der Waals surface area contributed by atoms with Crippen LogP contribution < -0.4 is 5.73 Å². The molecule has 2 rings (SSSR count). The number of nitrogens with two attached hydrogens (primary N) is 1. The molecule has 1 fully saturated rings. The van der Waals surface area contributed by atoms with Gasteiger partial charge in [0, 0.05) is 6.07 Å². The molecule has 0 atom stereocenters. The first kappa shape index (κ1) is 14.8. The van der Waals surface area contributed by atoms with E-state index in [1.807, 2.05) is 0 Å². The zero-order chi connectivity index (χ0) is 14.7. The molecule has 2 N–H and O–H groups in total. The van der Waals surface area contributed by atoms with Gasteiger partial charge in [0.15, 0.2) is 0 Å². The molecule has 0 aromatic heterocycles. The van der Waals surface area contributed by atoms with E-state index in [1.54, 1.807) is 0 Å². The van der Waals surface area contributed by atoms with Crippen molar-refractivity contribution < 1.29 is 18.3 Å². The molecule has 1 aliphatic rings. The maximum Gasteiger partial charge on any atom is 0.341 e. The summed E-state index contributed by atoms with van der Waals surface area (Å²) in [5.74, 6) is -1.90. The standard InChI is InChI=1S/C15H19F2NO2/c1-2-9-3-5-10(6-4-9)20-15(19)11-7-14(18)13(17)8-12(11)16/h7-10H,2-6,18H2,1H3. The Morgan fingerprint density at radius 3 is 2.50 bits per heavy atom. The molecule has 1 aromatic rings. The Morgan fingerprint density at radius 2 is 1.90 bits per heavy atom. The Kier molecular flexibility index (Phi) is 4.57. The summed E-state index contributed by atoms with van der Waals surface area (Å²) in [5.41, 5.74) is 4.79. The highest BCUT2D eigenvalue weighted by molar-refractivity contribution is 5.90. The lowest BCUT2D eigenvalue weighted by Gasteiger charge is -2.27.